The lowest BCUT2D eigenvalue weighted by atomic mass is 9.91. The second-order valence-corrected chi connectivity index (χ2v) is 5.04. The van der Waals surface area contributed by atoms with Crippen molar-refractivity contribution in [2.24, 2.45) is 5.92 Å². The standard InChI is InChI=1S/C15H20N2O2/c1-4-10(5-2)14(18)11-6-7-13-12(8-11)9-17(3)15(19)16-13/h6-8,10H,4-5,9H2,1-3H3,(H,16,19). The summed E-state index contributed by atoms with van der Waals surface area (Å²) in [5, 5.41) is 2.81. The van der Waals surface area contributed by atoms with E-state index in [-0.39, 0.29) is 17.7 Å². The van der Waals surface area contributed by atoms with Crippen molar-refractivity contribution in [2.75, 3.05) is 12.4 Å². The van der Waals surface area contributed by atoms with Crippen LogP contribution in [0.5, 0.6) is 0 Å². The van der Waals surface area contributed by atoms with Crippen LogP contribution in [0, 0.1) is 5.92 Å². The van der Waals surface area contributed by atoms with Crippen LogP contribution in [0.4, 0.5) is 10.5 Å². The number of ketones is 1. The third kappa shape index (κ3) is 2.62. The number of anilines is 1. The first-order valence-corrected chi connectivity index (χ1v) is 6.76. The molecule has 0 saturated carbocycles. The predicted octanol–water partition coefficient (Wildman–Crippen LogP) is 3.28. The second kappa shape index (κ2) is 5.43. The van der Waals surface area contributed by atoms with Gasteiger partial charge in [-0.15, -0.1) is 0 Å². The quantitative estimate of drug-likeness (QED) is 0.844. The van der Waals surface area contributed by atoms with Crippen molar-refractivity contribution in [3.05, 3.63) is 29.3 Å². The number of carbonyl (C=O) groups is 2. The van der Waals surface area contributed by atoms with Gasteiger partial charge in [-0.2, -0.15) is 0 Å². The number of urea groups is 1. The van der Waals surface area contributed by atoms with Crippen LogP contribution in [-0.2, 0) is 6.54 Å². The van der Waals surface area contributed by atoms with E-state index in [9.17, 15) is 9.59 Å². The Labute approximate surface area is 113 Å². The molecule has 1 aliphatic heterocycles. The first-order valence-electron chi connectivity index (χ1n) is 6.76. The minimum Gasteiger partial charge on any atom is -0.323 e. The fraction of sp³-hybridized carbons (Fsp3) is 0.467. The number of fused-ring (bicyclic) bond motifs is 1. The Hall–Kier alpha value is -1.84. The molecule has 1 aliphatic rings. The van der Waals surface area contributed by atoms with E-state index >= 15 is 0 Å². The summed E-state index contributed by atoms with van der Waals surface area (Å²) in [4.78, 5) is 25.5. The normalized spacial score (nSPS) is 14.3. The summed E-state index contributed by atoms with van der Waals surface area (Å²) in [7, 11) is 1.74. The van der Waals surface area contributed by atoms with Gasteiger partial charge in [0.15, 0.2) is 5.78 Å². The Morgan fingerprint density at radius 2 is 2.05 bits per heavy atom. The van der Waals surface area contributed by atoms with Crippen LogP contribution in [0.15, 0.2) is 18.2 Å². The summed E-state index contributed by atoms with van der Waals surface area (Å²) in [6, 6.07) is 5.44. The van der Waals surface area contributed by atoms with E-state index in [0.717, 1.165) is 29.7 Å². The topological polar surface area (TPSA) is 49.4 Å². The third-order valence-electron chi connectivity index (χ3n) is 3.74. The molecule has 102 valence electrons. The molecule has 1 N–H and O–H groups in total. The molecule has 4 nitrogen and oxygen atoms in total. The predicted molar refractivity (Wildman–Crippen MR) is 75.3 cm³/mol. The molecule has 1 heterocycles. The van der Waals surface area contributed by atoms with Crippen LogP contribution >= 0.6 is 0 Å². The maximum absolute atomic E-state index is 12.3. The summed E-state index contributed by atoms with van der Waals surface area (Å²) in [5.74, 6) is 0.293. The number of hydrogen-bond donors (Lipinski definition) is 1. The van der Waals surface area contributed by atoms with E-state index < -0.39 is 0 Å². The van der Waals surface area contributed by atoms with E-state index in [0.29, 0.717) is 6.54 Å². The molecule has 0 radical (unpaired) electrons. The first kappa shape index (κ1) is 13.6. The number of carbonyl (C=O) groups excluding carboxylic acids is 2. The molecule has 0 unspecified atom stereocenters. The van der Waals surface area contributed by atoms with Crippen LogP contribution in [0.1, 0.15) is 42.6 Å². The molecule has 0 aliphatic carbocycles. The zero-order chi connectivity index (χ0) is 14.0. The summed E-state index contributed by atoms with van der Waals surface area (Å²) in [6.07, 6.45) is 1.73. The lowest BCUT2D eigenvalue weighted by Crippen LogP contribution is -2.35. The minimum atomic E-state index is -0.105. The number of nitrogens with zero attached hydrogens (tertiary/aromatic N) is 1. The zero-order valence-corrected chi connectivity index (χ0v) is 11.7. The number of nitrogens with one attached hydrogen (secondary N) is 1. The molecule has 0 spiro atoms. The molecule has 2 rings (SSSR count). The molecular formula is C15H20N2O2. The van der Waals surface area contributed by atoms with Crippen molar-refractivity contribution in [2.45, 2.75) is 33.2 Å². The van der Waals surface area contributed by atoms with Crippen molar-refractivity contribution in [3.8, 4) is 0 Å². The van der Waals surface area contributed by atoms with Crippen molar-refractivity contribution in [1.29, 1.82) is 0 Å². The molecule has 4 heteroatoms. The van der Waals surface area contributed by atoms with Crippen molar-refractivity contribution >= 4 is 17.5 Å². The molecule has 0 aromatic heterocycles. The van der Waals surface area contributed by atoms with Gasteiger partial charge < -0.3 is 10.2 Å². The van der Waals surface area contributed by atoms with Crippen molar-refractivity contribution in [3.63, 3.8) is 0 Å². The number of rotatable bonds is 4. The fourth-order valence-corrected chi connectivity index (χ4v) is 2.43. The molecule has 1 aromatic rings. The van der Waals surface area contributed by atoms with Gasteiger partial charge in [0.2, 0.25) is 0 Å². The van der Waals surface area contributed by atoms with Crippen LogP contribution < -0.4 is 5.32 Å². The molecule has 0 fully saturated rings. The number of Topliss-reactive ketones (excluding diaryl/α,β-unsaturated/α-hetero) is 1. The highest BCUT2D eigenvalue weighted by Crippen LogP contribution is 2.25. The van der Waals surface area contributed by atoms with Crippen molar-refractivity contribution < 1.29 is 9.59 Å². The zero-order valence-electron chi connectivity index (χ0n) is 11.7. The summed E-state index contributed by atoms with van der Waals surface area (Å²) in [5.41, 5.74) is 2.56. The third-order valence-corrected chi connectivity index (χ3v) is 3.74. The van der Waals surface area contributed by atoms with Gasteiger partial charge in [0.05, 0.1) is 0 Å². The maximum atomic E-state index is 12.3. The van der Waals surface area contributed by atoms with E-state index in [1.807, 2.05) is 32.0 Å². The van der Waals surface area contributed by atoms with E-state index in [4.69, 9.17) is 0 Å². The van der Waals surface area contributed by atoms with Gasteiger partial charge in [-0.05, 0) is 36.6 Å². The van der Waals surface area contributed by atoms with E-state index in [1.54, 1.807) is 11.9 Å². The Bertz CT molecular complexity index is 507. The van der Waals surface area contributed by atoms with Crippen LogP contribution in [0.3, 0.4) is 0 Å². The van der Waals surface area contributed by atoms with Crippen LogP contribution in [-0.4, -0.2) is 23.8 Å². The SMILES string of the molecule is CCC(CC)C(=O)c1ccc2c(c1)CN(C)C(=O)N2. The summed E-state index contributed by atoms with van der Waals surface area (Å²) >= 11 is 0. The largest absolute Gasteiger partial charge is 0.323 e. The number of benzene rings is 1. The Kier molecular flexibility index (Phi) is 3.88. The van der Waals surface area contributed by atoms with Crippen LogP contribution in [0.2, 0.25) is 0 Å². The Morgan fingerprint density at radius 1 is 1.37 bits per heavy atom. The van der Waals surface area contributed by atoms with Crippen molar-refractivity contribution in [1.82, 2.24) is 4.90 Å². The van der Waals surface area contributed by atoms with Gasteiger partial charge in [0, 0.05) is 30.8 Å². The highest BCUT2D eigenvalue weighted by atomic mass is 16.2. The molecule has 0 atom stereocenters. The number of amides is 2. The minimum absolute atomic E-state index is 0.0916. The average Bonchev–Trinajstić information content (AvgIpc) is 2.41. The molecule has 0 bridgehead atoms. The summed E-state index contributed by atoms with van der Waals surface area (Å²) in [6.45, 7) is 4.63. The highest BCUT2D eigenvalue weighted by molar-refractivity contribution is 5.99. The maximum Gasteiger partial charge on any atom is 0.321 e. The van der Waals surface area contributed by atoms with Gasteiger partial charge in [0.25, 0.3) is 0 Å². The van der Waals surface area contributed by atoms with Gasteiger partial charge in [-0.25, -0.2) is 4.79 Å². The molecule has 0 saturated heterocycles. The Morgan fingerprint density at radius 3 is 2.68 bits per heavy atom. The molecule has 1 aromatic carbocycles. The first-order chi connectivity index (χ1) is 9.06. The smallest absolute Gasteiger partial charge is 0.321 e. The highest BCUT2D eigenvalue weighted by Gasteiger charge is 2.22. The molecular weight excluding hydrogens is 240 g/mol. The van der Waals surface area contributed by atoms with Gasteiger partial charge in [0.1, 0.15) is 0 Å². The second-order valence-electron chi connectivity index (χ2n) is 5.04. The lowest BCUT2D eigenvalue weighted by molar-refractivity contribution is 0.0913. The average molecular weight is 260 g/mol. The molecule has 2 amide bonds. The van der Waals surface area contributed by atoms with Gasteiger partial charge in [-0.3, -0.25) is 4.79 Å². The van der Waals surface area contributed by atoms with E-state index in [2.05, 4.69) is 5.32 Å². The Balaban J connectivity index is 2.29. The lowest BCUT2D eigenvalue weighted by Gasteiger charge is -2.26. The van der Waals surface area contributed by atoms with Gasteiger partial charge in [-0.1, -0.05) is 13.8 Å². The van der Waals surface area contributed by atoms with E-state index in [1.165, 1.54) is 0 Å². The molecule has 19 heavy (non-hydrogen) atoms. The monoisotopic (exact) mass is 260 g/mol. The summed E-state index contributed by atoms with van der Waals surface area (Å²) < 4.78 is 0. The van der Waals surface area contributed by atoms with Gasteiger partial charge >= 0.3 is 6.03 Å². The number of hydrogen-bond acceptors (Lipinski definition) is 2. The van der Waals surface area contributed by atoms with Crippen LogP contribution in [0.25, 0.3) is 0 Å². The fourth-order valence-electron chi connectivity index (χ4n) is 2.43.